The van der Waals surface area contributed by atoms with Gasteiger partial charge in [0.15, 0.2) is 23.0 Å². The number of phenols is 1. The lowest BCUT2D eigenvalue weighted by atomic mass is 9.94. The van der Waals surface area contributed by atoms with Crippen LogP contribution in [0.1, 0.15) is 0 Å². The highest BCUT2D eigenvalue weighted by atomic mass is 79.9. The van der Waals surface area contributed by atoms with E-state index < -0.39 is 0 Å². The second-order valence-electron chi connectivity index (χ2n) is 4.17. The molecular formula is C13H9BBr4O3. The molecule has 3 nitrogen and oxygen atoms in total. The van der Waals surface area contributed by atoms with Crippen LogP contribution in [0.2, 0.25) is 0 Å². The lowest BCUT2D eigenvalue weighted by Crippen LogP contribution is -2.11. The third kappa shape index (κ3) is 3.60. The fourth-order valence-electron chi connectivity index (χ4n) is 1.72. The molecule has 0 amide bonds. The van der Waals surface area contributed by atoms with Gasteiger partial charge in [0.1, 0.15) is 7.85 Å². The third-order valence-electron chi connectivity index (χ3n) is 2.79. The molecule has 110 valence electrons. The highest BCUT2D eigenvalue weighted by molar-refractivity contribution is 9.13. The minimum atomic E-state index is 0.0266. The van der Waals surface area contributed by atoms with Crippen molar-refractivity contribution in [3.8, 4) is 23.0 Å². The van der Waals surface area contributed by atoms with Crippen molar-refractivity contribution in [2.24, 2.45) is 0 Å². The van der Waals surface area contributed by atoms with Crippen molar-refractivity contribution in [3.05, 3.63) is 36.1 Å². The van der Waals surface area contributed by atoms with Crippen LogP contribution in [-0.2, 0) is 0 Å². The van der Waals surface area contributed by atoms with Crippen molar-refractivity contribution >= 4 is 77.0 Å². The molecule has 0 spiro atoms. The Morgan fingerprint density at radius 3 is 2.29 bits per heavy atom. The normalized spacial score (nSPS) is 10.5. The summed E-state index contributed by atoms with van der Waals surface area (Å²) < 4.78 is 14.3. The van der Waals surface area contributed by atoms with Gasteiger partial charge < -0.3 is 14.6 Å². The topological polar surface area (TPSA) is 38.7 Å². The highest BCUT2D eigenvalue weighted by Gasteiger charge is 2.18. The number of methoxy groups -OCH3 is 1. The summed E-state index contributed by atoms with van der Waals surface area (Å²) in [5.74, 6) is 1.46. The number of rotatable bonds is 3. The summed E-state index contributed by atoms with van der Waals surface area (Å²) in [6.45, 7) is 0. The molecule has 0 atom stereocenters. The van der Waals surface area contributed by atoms with Gasteiger partial charge in [-0.1, -0.05) is 31.9 Å². The van der Waals surface area contributed by atoms with E-state index in [2.05, 4.69) is 63.7 Å². The predicted octanol–water partition coefficient (Wildman–Crippen LogP) is 4.50. The van der Waals surface area contributed by atoms with Crippen LogP contribution in [-0.4, -0.2) is 20.1 Å². The van der Waals surface area contributed by atoms with Crippen molar-refractivity contribution in [2.75, 3.05) is 7.11 Å². The first kappa shape index (κ1) is 17.2. The van der Waals surface area contributed by atoms with Crippen LogP contribution >= 0.6 is 63.7 Å². The standard InChI is InChI=1S/C13H9BBr4O3/c1-20-9-4-6(16)11(18)10(14)13(9)21-8-3-5(15)2-7(17)12(8)19/h2-4,19H,14H2,1H3. The maximum absolute atomic E-state index is 10.1. The summed E-state index contributed by atoms with van der Waals surface area (Å²) in [6, 6.07) is 5.23. The van der Waals surface area contributed by atoms with Crippen molar-refractivity contribution in [1.82, 2.24) is 0 Å². The minimum Gasteiger partial charge on any atom is -0.503 e. The first-order valence-corrected chi connectivity index (χ1v) is 8.90. The fourth-order valence-corrected chi connectivity index (χ4v) is 3.70. The van der Waals surface area contributed by atoms with E-state index in [1.165, 1.54) is 0 Å². The smallest absolute Gasteiger partial charge is 0.172 e. The van der Waals surface area contributed by atoms with Crippen LogP contribution < -0.4 is 14.9 Å². The first-order chi connectivity index (χ1) is 9.85. The van der Waals surface area contributed by atoms with Gasteiger partial charge in [-0.15, -0.1) is 0 Å². The minimum absolute atomic E-state index is 0.0266. The number of ether oxygens (including phenoxy) is 2. The van der Waals surface area contributed by atoms with Crippen LogP contribution in [0.25, 0.3) is 0 Å². The molecule has 0 aliphatic heterocycles. The van der Waals surface area contributed by atoms with E-state index in [0.29, 0.717) is 21.7 Å². The molecule has 0 radical (unpaired) electrons. The Morgan fingerprint density at radius 2 is 1.67 bits per heavy atom. The van der Waals surface area contributed by atoms with Crippen LogP contribution in [0.3, 0.4) is 0 Å². The molecule has 0 aromatic heterocycles. The summed E-state index contributed by atoms with van der Waals surface area (Å²) in [7, 11) is 3.47. The van der Waals surface area contributed by atoms with Gasteiger partial charge >= 0.3 is 0 Å². The maximum atomic E-state index is 10.1. The van der Waals surface area contributed by atoms with Crippen LogP contribution in [0.5, 0.6) is 23.0 Å². The Hall–Kier alpha value is -0.175. The molecule has 1 N–H and O–H groups in total. The Bertz CT molecular complexity index is 707. The number of phenolic OH excluding ortho intramolecular Hbond substituents is 1. The molecule has 0 aliphatic carbocycles. The lowest BCUT2D eigenvalue weighted by molar-refractivity contribution is 0.367. The quantitative estimate of drug-likeness (QED) is 0.580. The highest BCUT2D eigenvalue weighted by Crippen LogP contribution is 2.42. The fraction of sp³-hybridized carbons (Fsp3) is 0.0769. The molecule has 0 bridgehead atoms. The number of aromatic hydroxyl groups is 1. The zero-order valence-corrected chi connectivity index (χ0v) is 17.4. The van der Waals surface area contributed by atoms with Crippen LogP contribution in [0.15, 0.2) is 36.1 Å². The molecule has 8 heteroatoms. The van der Waals surface area contributed by atoms with Gasteiger partial charge in [0.2, 0.25) is 0 Å². The molecule has 0 saturated carbocycles. The van der Waals surface area contributed by atoms with E-state index in [1.54, 1.807) is 25.3 Å². The van der Waals surface area contributed by atoms with Gasteiger partial charge in [0.25, 0.3) is 0 Å². The second-order valence-corrected chi connectivity index (χ2v) is 7.58. The second kappa shape index (κ2) is 6.94. The summed E-state index contributed by atoms with van der Waals surface area (Å²) in [5, 5.41) is 10.1. The monoisotopic (exact) mass is 540 g/mol. The van der Waals surface area contributed by atoms with E-state index in [9.17, 15) is 5.11 Å². The average Bonchev–Trinajstić information content (AvgIpc) is 2.44. The summed E-state index contributed by atoms with van der Waals surface area (Å²) >= 11 is 13.6. The van der Waals surface area contributed by atoms with Crippen LogP contribution in [0.4, 0.5) is 0 Å². The average molecular weight is 544 g/mol. The molecule has 2 aromatic rings. The Balaban J connectivity index is 2.57. The summed E-state index contributed by atoms with van der Waals surface area (Å²) in [6.07, 6.45) is 0. The van der Waals surface area contributed by atoms with Gasteiger partial charge in [-0.2, -0.15) is 0 Å². The van der Waals surface area contributed by atoms with Crippen molar-refractivity contribution in [2.45, 2.75) is 0 Å². The van der Waals surface area contributed by atoms with Gasteiger partial charge in [-0.25, -0.2) is 0 Å². The molecule has 2 rings (SSSR count). The van der Waals surface area contributed by atoms with Crippen molar-refractivity contribution in [3.63, 3.8) is 0 Å². The zero-order chi connectivity index (χ0) is 15.7. The Labute approximate surface area is 156 Å². The Morgan fingerprint density at radius 1 is 1.00 bits per heavy atom. The molecule has 0 unspecified atom stereocenters. The van der Waals surface area contributed by atoms with E-state index in [-0.39, 0.29) is 5.75 Å². The summed E-state index contributed by atoms with van der Waals surface area (Å²) in [5.41, 5.74) is 0.858. The Kier molecular flexibility index (Phi) is 5.68. The van der Waals surface area contributed by atoms with Gasteiger partial charge in [0.05, 0.1) is 11.6 Å². The van der Waals surface area contributed by atoms with E-state index in [4.69, 9.17) is 9.47 Å². The largest absolute Gasteiger partial charge is 0.503 e. The van der Waals surface area contributed by atoms with Crippen LogP contribution in [0, 0.1) is 0 Å². The van der Waals surface area contributed by atoms with E-state index >= 15 is 0 Å². The predicted molar refractivity (Wildman–Crippen MR) is 100 cm³/mol. The SMILES string of the molecule is Bc1c(Br)c(Br)cc(OC)c1Oc1cc(Br)cc(Br)c1O. The number of halogens is 4. The van der Waals surface area contributed by atoms with Crippen molar-refractivity contribution in [1.29, 1.82) is 0 Å². The lowest BCUT2D eigenvalue weighted by Gasteiger charge is -2.17. The van der Waals surface area contributed by atoms with Gasteiger partial charge in [-0.05, 0) is 55.5 Å². The van der Waals surface area contributed by atoms with E-state index in [0.717, 1.165) is 18.9 Å². The summed E-state index contributed by atoms with van der Waals surface area (Å²) in [4.78, 5) is 0. The molecule has 2 aromatic carbocycles. The molecule has 0 heterocycles. The number of benzene rings is 2. The first-order valence-electron chi connectivity index (χ1n) is 5.73. The van der Waals surface area contributed by atoms with E-state index in [1.807, 2.05) is 7.85 Å². The van der Waals surface area contributed by atoms with Crippen molar-refractivity contribution < 1.29 is 14.6 Å². The zero-order valence-electron chi connectivity index (χ0n) is 11.0. The maximum Gasteiger partial charge on any atom is 0.172 e. The molecule has 0 saturated heterocycles. The molecule has 0 aliphatic rings. The molecule has 21 heavy (non-hydrogen) atoms. The molecular weight excluding hydrogens is 535 g/mol. The van der Waals surface area contributed by atoms with Gasteiger partial charge in [0, 0.05) is 13.4 Å². The number of hydrogen-bond donors (Lipinski definition) is 1. The van der Waals surface area contributed by atoms with Gasteiger partial charge in [-0.3, -0.25) is 0 Å². The molecule has 0 fully saturated rings. The third-order valence-corrected chi connectivity index (χ3v) is 6.03. The number of hydrogen-bond acceptors (Lipinski definition) is 3.